The second-order valence-electron chi connectivity index (χ2n) is 4.30. The summed E-state index contributed by atoms with van der Waals surface area (Å²) < 4.78 is 1.02. The minimum absolute atomic E-state index is 0.573. The van der Waals surface area contributed by atoms with Gasteiger partial charge in [0, 0.05) is 11.8 Å². The molecule has 0 spiro atoms. The Hall–Kier alpha value is -1.16. The summed E-state index contributed by atoms with van der Waals surface area (Å²) in [5.41, 5.74) is 6.69. The van der Waals surface area contributed by atoms with E-state index in [1.807, 2.05) is 13.0 Å². The van der Waals surface area contributed by atoms with Crippen LogP contribution in [-0.4, -0.2) is 34.1 Å². The third kappa shape index (κ3) is 2.92. The Bertz CT molecular complexity index is 316. The summed E-state index contributed by atoms with van der Waals surface area (Å²) in [7, 11) is 0. The van der Waals surface area contributed by atoms with E-state index in [0.29, 0.717) is 5.82 Å². The van der Waals surface area contributed by atoms with Crippen LogP contribution in [0.15, 0.2) is 6.07 Å². The summed E-state index contributed by atoms with van der Waals surface area (Å²) in [5.74, 6) is 1.44. The minimum atomic E-state index is 0.573. The van der Waals surface area contributed by atoms with Crippen molar-refractivity contribution < 1.29 is 4.48 Å². The van der Waals surface area contributed by atoms with E-state index in [-0.39, 0.29) is 0 Å². The quantitative estimate of drug-likeness (QED) is 0.774. The maximum atomic E-state index is 5.74. The minimum Gasteiger partial charge on any atom is -0.384 e. The molecule has 2 N–H and O–H groups in total. The summed E-state index contributed by atoms with van der Waals surface area (Å²) in [6.45, 7) is 12.8. The molecule has 90 valence electrons. The molecule has 0 fully saturated rings. The Labute approximate surface area is 98.1 Å². The maximum absolute atomic E-state index is 5.74. The molecule has 1 heterocycles. The van der Waals surface area contributed by atoms with E-state index >= 15 is 0 Å². The zero-order valence-corrected chi connectivity index (χ0v) is 10.8. The van der Waals surface area contributed by atoms with Gasteiger partial charge in [0.05, 0.1) is 19.6 Å². The first-order valence-electron chi connectivity index (χ1n) is 6.00. The van der Waals surface area contributed by atoms with Crippen LogP contribution in [0.1, 0.15) is 32.3 Å². The zero-order chi connectivity index (χ0) is 12.2. The van der Waals surface area contributed by atoms with Crippen LogP contribution < -0.4 is 5.73 Å². The summed E-state index contributed by atoms with van der Waals surface area (Å²) >= 11 is 0. The molecular weight excluding hydrogens is 200 g/mol. The highest BCUT2D eigenvalue weighted by molar-refractivity contribution is 5.28. The summed E-state index contributed by atoms with van der Waals surface area (Å²) in [6.07, 6.45) is 0. The van der Waals surface area contributed by atoms with Crippen molar-refractivity contribution >= 4 is 5.82 Å². The SMILES string of the molecule is CC[N+](CC)(CC)Cc1nc(C)cc(N)n1. The van der Waals surface area contributed by atoms with Crippen LogP contribution in [0.25, 0.3) is 0 Å². The number of hydrogen-bond donors (Lipinski definition) is 1. The molecule has 0 aliphatic heterocycles. The smallest absolute Gasteiger partial charge is 0.185 e. The van der Waals surface area contributed by atoms with Crippen molar-refractivity contribution in [3.8, 4) is 0 Å². The lowest BCUT2D eigenvalue weighted by atomic mass is 10.3. The van der Waals surface area contributed by atoms with Crippen molar-refractivity contribution in [1.82, 2.24) is 9.97 Å². The fourth-order valence-corrected chi connectivity index (χ4v) is 2.03. The van der Waals surface area contributed by atoms with Gasteiger partial charge in [-0.25, -0.2) is 9.97 Å². The highest BCUT2D eigenvalue weighted by Gasteiger charge is 2.22. The molecule has 1 rings (SSSR count). The topological polar surface area (TPSA) is 51.8 Å². The maximum Gasteiger partial charge on any atom is 0.185 e. The Morgan fingerprint density at radius 1 is 1.12 bits per heavy atom. The van der Waals surface area contributed by atoms with Crippen LogP contribution in [0.4, 0.5) is 5.82 Å². The first-order valence-corrected chi connectivity index (χ1v) is 6.00. The number of aromatic nitrogens is 2. The van der Waals surface area contributed by atoms with Crippen LogP contribution in [-0.2, 0) is 6.54 Å². The average Bonchev–Trinajstić information content (AvgIpc) is 2.25. The number of anilines is 1. The van der Waals surface area contributed by atoms with Crippen LogP contribution in [0, 0.1) is 6.92 Å². The molecule has 4 heteroatoms. The monoisotopic (exact) mass is 223 g/mol. The zero-order valence-electron chi connectivity index (χ0n) is 10.8. The Morgan fingerprint density at radius 3 is 2.12 bits per heavy atom. The number of nitrogens with zero attached hydrogens (tertiary/aromatic N) is 3. The molecule has 0 atom stereocenters. The van der Waals surface area contributed by atoms with Crippen molar-refractivity contribution in [2.45, 2.75) is 34.2 Å². The van der Waals surface area contributed by atoms with E-state index in [1.54, 1.807) is 0 Å². The molecule has 1 aromatic rings. The van der Waals surface area contributed by atoms with Crippen molar-refractivity contribution in [1.29, 1.82) is 0 Å². The van der Waals surface area contributed by atoms with Crippen molar-refractivity contribution in [3.63, 3.8) is 0 Å². The summed E-state index contributed by atoms with van der Waals surface area (Å²) in [6, 6.07) is 1.81. The van der Waals surface area contributed by atoms with E-state index in [9.17, 15) is 0 Å². The fourth-order valence-electron chi connectivity index (χ4n) is 2.03. The third-order valence-corrected chi connectivity index (χ3v) is 3.41. The largest absolute Gasteiger partial charge is 0.384 e. The van der Waals surface area contributed by atoms with Gasteiger partial charge in [-0.3, -0.25) is 0 Å². The second-order valence-corrected chi connectivity index (χ2v) is 4.30. The van der Waals surface area contributed by atoms with Gasteiger partial charge in [-0.15, -0.1) is 0 Å². The molecular formula is C12H23N4+. The van der Waals surface area contributed by atoms with Crippen molar-refractivity contribution in [3.05, 3.63) is 17.6 Å². The molecule has 16 heavy (non-hydrogen) atoms. The van der Waals surface area contributed by atoms with Crippen LogP contribution in [0.2, 0.25) is 0 Å². The summed E-state index contributed by atoms with van der Waals surface area (Å²) in [5, 5.41) is 0. The number of nitrogen functional groups attached to an aromatic ring is 1. The molecule has 0 aliphatic rings. The highest BCUT2D eigenvalue weighted by Crippen LogP contribution is 2.12. The lowest BCUT2D eigenvalue weighted by Gasteiger charge is -2.35. The van der Waals surface area contributed by atoms with Gasteiger partial charge in [-0.1, -0.05) is 0 Å². The van der Waals surface area contributed by atoms with Gasteiger partial charge in [0.1, 0.15) is 12.4 Å². The molecule has 0 unspecified atom stereocenters. The number of rotatable bonds is 5. The molecule has 0 radical (unpaired) electrons. The second kappa shape index (κ2) is 5.25. The van der Waals surface area contributed by atoms with E-state index in [4.69, 9.17) is 5.73 Å². The molecule has 1 aromatic heterocycles. The van der Waals surface area contributed by atoms with Gasteiger partial charge >= 0.3 is 0 Å². The fraction of sp³-hybridized carbons (Fsp3) is 0.667. The van der Waals surface area contributed by atoms with Gasteiger partial charge in [0.2, 0.25) is 0 Å². The highest BCUT2D eigenvalue weighted by atomic mass is 15.3. The standard InChI is InChI=1S/C12H23N4/c1-5-16(6-2,7-3)9-12-14-10(4)8-11(13)15-12/h8H,5-7,9H2,1-4H3,(H2,13,14,15)/q+1. The van der Waals surface area contributed by atoms with Crippen LogP contribution in [0.5, 0.6) is 0 Å². The number of hydrogen-bond acceptors (Lipinski definition) is 3. The number of nitrogens with two attached hydrogens (primary N) is 1. The van der Waals surface area contributed by atoms with Gasteiger partial charge < -0.3 is 10.2 Å². The molecule has 4 nitrogen and oxygen atoms in total. The van der Waals surface area contributed by atoms with E-state index in [0.717, 1.165) is 42.2 Å². The van der Waals surface area contributed by atoms with Crippen molar-refractivity contribution in [2.75, 3.05) is 25.4 Å². The van der Waals surface area contributed by atoms with Crippen molar-refractivity contribution in [2.24, 2.45) is 0 Å². The Balaban J connectivity index is 2.93. The van der Waals surface area contributed by atoms with Gasteiger partial charge in [-0.05, 0) is 27.7 Å². The lowest BCUT2D eigenvalue weighted by Crippen LogP contribution is -2.47. The van der Waals surface area contributed by atoms with E-state index < -0.39 is 0 Å². The van der Waals surface area contributed by atoms with Crippen LogP contribution in [0.3, 0.4) is 0 Å². The predicted octanol–water partition coefficient (Wildman–Crippen LogP) is 1.74. The summed E-state index contributed by atoms with van der Waals surface area (Å²) in [4.78, 5) is 8.77. The van der Waals surface area contributed by atoms with E-state index in [1.165, 1.54) is 0 Å². The molecule has 0 aromatic carbocycles. The molecule has 0 bridgehead atoms. The normalized spacial score (nSPS) is 11.8. The van der Waals surface area contributed by atoms with Gasteiger partial charge in [0.25, 0.3) is 0 Å². The Morgan fingerprint density at radius 2 is 1.69 bits per heavy atom. The number of quaternary nitrogens is 1. The third-order valence-electron chi connectivity index (χ3n) is 3.41. The predicted molar refractivity (Wildman–Crippen MR) is 66.8 cm³/mol. The van der Waals surface area contributed by atoms with E-state index in [2.05, 4.69) is 30.7 Å². The Kier molecular flexibility index (Phi) is 4.24. The average molecular weight is 223 g/mol. The molecule has 0 saturated carbocycles. The molecule has 0 amide bonds. The van der Waals surface area contributed by atoms with Crippen LogP contribution >= 0.6 is 0 Å². The first kappa shape index (κ1) is 12.9. The molecule has 0 aliphatic carbocycles. The first-order chi connectivity index (χ1) is 7.55. The lowest BCUT2D eigenvalue weighted by molar-refractivity contribution is -0.936. The number of aryl methyl sites for hydroxylation is 1. The molecule has 0 saturated heterocycles. The van der Waals surface area contributed by atoms with Gasteiger partial charge in [0.15, 0.2) is 5.82 Å². The van der Waals surface area contributed by atoms with Gasteiger partial charge in [-0.2, -0.15) is 0 Å².